The number of amides is 1. The summed E-state index contributed by atoms with van der Waals surface area (Å²) in [6, 6.07) is 1.61. The molecule has 7 heteroatoms. The number of nitrogens with zero attached hydrogens (tertiary/aromatic N) is 2. The molecule has 0 unspecified atom stereocenters. The van der Waals surface area contributed by atoms with Crippen molar-refractivity contribution >= 4 is 29.1 Å². The number of likely N-dealkylation sites (tertiary alicyclic amines) is 1. The molecule has 1 aliphatic heterocycles. The second-order valence-corrected chi connectivity index (χ2v) is 5.93. The second kappa shape index (κ2) is 7.49. The van der Waals surface area contributed by atoms with Gasteiger partial charge in [0.1, 0.15) is 10.8 Å². The van der Waals surface area contributed by atoms with Crippen LogP contribution in [0.3, 0.4) is 0 Å². The van der Waals surface area contributed by atoms with Gasteiger partial charge in [-0.2, -0.15) is 0 Å². The van der Waals surface area contributed by atoms with E-state index in [2.05, 4.69) is 0 Å². The van der Waals surface area contributed by atoms with E-state index < -0.39 is 0 Å². The Bertz CT molecular complexity index is 497. The second-order valence-electron chi connectivity index (χ2n) is 5.17. The molecule has 1 aliphatic rings. The summed E-state index contributed by atoms with van der Waals surface area (Å²) >= 11 is 11.9. The van der Waals surface area contributed by atoms with Gasteiger partial charge in [-0.15, -0.1) is 0 Å². The topological polar surface area (TPSA) is 54.7 Å². The Labute approximate surface area is 134 Å². The van der Waals surface area contributed by atoms with Crippen LogP contribution in [0.4, 0.5) is 0 Å². The molecule has 0 atom stereocenters. The van der Waals surface area contributed by atoms with Gasteiger partial charge in [-0.1, -0.05) is 23.2 Å². The zero-order chi connectivity index (χ0) is 15.4. The average Bonchev–Trinajstić information content (AvgIpc) is 2.75. The predicted molar refractivity (Wildman–Crippen MR) is 82.0 cm³/mol. The third-order valence-electron chi connectivity index (χ3n) is 3.72. The summed E-state index contributed by atoms with van der Waals surface area (Å²) in [7, 11) is 1.73. The summed E-state index contributed by atoms with van der Waals surface area (Å²) in [6.07, 6.45) is 2.44. The lowest BCUT2D eigenvalue weighted by Crippen LogP contribution is -2.41. The van der Waals surface area contributed by atoms with Crippen molar-refractivity contribution in [1.82, 2.24) is 9.47 Å². The van der Waals surface area contributed by atoms with Gasteiger partial charge in [-0.05, 0) is 25.3 Å². The zero-order valence-corrected chi connectivity index (χ0v) is 13.5. The molecule has 0 radical (unpaired) electrons. The van der Waals surface area contributed by atoms with Gasteiger partial charge in [-0.25, -0.2) is 0 Å². The molecule has 1 amide bonds. The molecule has 2 rings (SSSR count). The van der Waals surface area contributed by atoms with E-state index in [0.29, 0.717) is 42.0 Å². The van der Waals surface area contributed by atoms with Gasteiger partial charge in [-0.3, -0.25) is 4.79 Å². The van der Waals surface area contributed by atoms with Crippen LogP contribution >= 0.6 is 23.2 Å². The minimum absolute atomic E-state index is 0.0555. The van der Waals surface area contributed by atoms with Gasteiger partial charge in [0.05, 0.1) is 11.1 Å². The number of halogens is 2. The largest absolute Gasteiger partial charge is 0.396 e. The van der Waals surface area contributed by atoms with Gasteiger partial charge in [0.25, 0.3) is 5.91 Å². The first kappa shape index (κ1) is 16.6. The maximum atomic E-state index is 12.5. The summed E-state index contributed by atoms with van der Waals surface area (Å²) < 4.78 is 7.27. The normalized spacial score (nSPS) is 16.5. The van der Waals surface area contributed by atoms with Gasteiger partial charge >= 0.3 is 0 Å². The highest BCUT2D eigenvalue weighted by Gasteiger charge is 2.26. The Morgan fingerprint density at radius 1 is 1.43 bits per heavy atom. The highest BCUT2D eigenvalue weighted by molar-refractivity contribution is 6.41. The van der Waals surface area contributed by atoms with Crippen molar-refractivity contribution in [3.63, 3.8) is 0 Å². The van der Waals surface area contributed by atoms with Crippen molar-refractivity contribution < 1.29 is 14.6 Å². The Balaban J connectivity index is 1.89. The summed E-state index contributed by atoms with van der Waals surface area (Å²) in [4.78, 5) is 14.3. The van der Waals surface area contributed by atoms with E-state index in [9.17, 15) is 4.79 Å². The van der Waals surface area contributed by atoms with Crippen LogP contribution in [0.1, 0.15) is 29.8 Å². The van der Waals surface area contributed by atoms with Crippen molar-refractivity contribution in [3.05, 3.63) is 21.9 Å². The fourth-order valence-corrected chi connectivity index (χ4v) is 2.83. The van der Waals surface area contributed by atoms with E-state index in [4.69, 9.17) is 33.0 Å². The molecule has 0 bridgehead atoms. The van der Waals surface area contributed by atoms with E-state index in [1.54, 1.807) is 22.6 Å². The number of carbonyl (C=O) groups excluding carboxylic acids is 1. The number of aliphatic hydroxyl groups is 1. The third-order valence-corrected chi connectivity index (χ3v) is 4.56. The summed E-state index contributed by atoms with van der Waals surface area (Å²) in [5.74, 6) is -0.0555. The Kier molecular flexibility index (Phi) is 5.93. The first-order chi connectivity index (χ1) is 10.0. The molecule has 0 spiro atoms. The number of hydrogen-bond acceptors (Lipinski definition) is 3. The molecule has 1 fully saturated rings. The number of carbonyl (C=O) groups is 1. The lowest BCUT2D eigenvalue weighted by Gasteiger charge is -2.32. The maximum Gasteiger partial charge on any atom is 0.270 e. The van der Waals surface area contributed by atoms with Crippen LogP contribution in [0.15, 0.2) is 6.07 Å². The number of hydrogen-bond donors (Lipinski definition) is 1. The molecular weight excluding hydrogens is 315 g/mol. The number of piperidine rings is 1. The molecule has 0 aromatic carbocycles. The van der Waals surface area contributed by atoms with Crippen LogP contribution < -0.4 is 0 Å². The first-order valence-corrected chi connectivity index (χ1v) is 7.82. The fraction of sp³-hybridized carbons (Fsp3) is 0.643. The molecule has 1 N–H and O–H groups in total. The number of rotatable bonds is 5. The minimum atomic E-state index is -0.0555. The third kappa shape index (κ3) is 3.92. The molecule has 1 aromatic rings. The predicted octanol–water partition coefficient (Wildman–Crippen LogP) is 2.34. The van der Waals surface area contributed by atoms with E-state index in [1.807, 2.05) is 0 Å². The van der Waals surface area contributed by atoms with Crippen molar-refractivity contribution in [2.45, 2.75) is 25.4 Å². The molecule has 21 heavy (non-hydrogen) atoms. The van der Waals surface area contributed by atoms with Crippen molar-refractivity contribution in [2.75, 3.05) is 26.3 Å². The fourth-order valence-electron chi connectivity index (χ4n) is 2.45. The highest BCUT2D eigenvalue weighted by atomic mass is 35.5. The highest BCUT2D eigenvalue weighted by Crippen LogP contribution is 2.26. The van der Waals surface area contributed by atoms with Gasteiger partial charge in [0.2, 0.25) is 0 Å². The lowest BCUT2D eigenvalue weighted by molar-refractivity contribution is 0.00376. The van der Waals surface area contributed by atoms with Gasteiger partial charge in [0, 0.05) is 33.4 Å². The molecule has 1 saturated heterocycles. The number of aliphatic hydroxyl groups excluding tert-OH is 1. The molecule has 5 nitrogen and oxygen atoms in total. The van der Waals surface area contributed by atoms with E-state index in [-0.39, 0.29) is 18.6 Å². The van der Waals surface area contributed by atoms with Gasteiger partial charge < -0.3 is 19.3 Å². The number of ether oxygens (including phenoxy) is 1. The Hall–Kier alpha value is -0.750. The Morgan fingerprint density at radius 2 is 2.10 bits per heavy atom. The molecule has 0 aliphatic carbocycles. The van der Waals surface area contributed by atoms with Crippen molar-refractivity contribution in [3.8, 4) is 0 Å². The Morgan fingerprint density at radius 3 is 2.62 bits per heavy atom. The first-order valence-electron chi connectivity index (χ1n) is 7.07. The summed E-state index contributed by atoms with van der Waals surface area (Å²) in [6.45, 7) is 2.02. The molecule has 2 heterocycles. The maximum absolute atomic E-state index is 12.5. The molecular formula is C14H20Cl2N2O3. The van der Waals surface area contributed by atoms with Gasteiger partial charge in [0.15, 0.2) is 0 Å². The molecule has 118 valence electrons. The van der Waals surface area contributed by atoms with Crippen molar-refractivity contribution in [1.29, 1.82) is 0 Å². The van der Waals surface area contributed by atoms with Crippen LogP contribution in [0.5, 0.6) is 0 Å². The smallest absolute Gasteiger partial charge is 0.270 e. The van der Waals surface area contributed by atoms with E-state index in [1.165, 1.54) is 0 Å². The standard InChI is InChI=1S/C14H20Cl2N2O3/c1-17-12(9-11(15)13(17)16)14(20)18-5-3-10(4-6-18)21-8-2-7-19/h9-10,19H,2-8H2,1H3. The van der Waals surface area contributed by atoms with Crippen LogP contribution in [0.2, 0.25) is 10.2 Å². The van der Waals surface area contributed by atoms with E-state index in [0.717, 1.165) is 12.8 Å². The van der Waals surface area contributed by atoms with Crippen LogP contribution in [0.25, 0.3) is 0 Å². The zero-order valence-electron chi connectivity index (χ0n) is 12.0. The van der Waals surface area contributed by atoms with Crippen molar-refractivity contribution in [2.24, 2.45) is 7.05 Å². The molecule has 1 aromatic heterocycles. The number of aromatic nitrogens is 1. The SMILES string of the molecule is Cn1c(C(=O)N2CCC(OCCCO)CC2)cc(Cl)c1Cl. The summed E-state index contributed by atoms with van der Waals surface area (Å²) in [5, 5.41) is 9.50. The quantitative estimate of drug-likeness (QED) is 0.841. The monoisotopic (exact) mass is 334 g/mol. The lowest BCUT2D eigenvalue weighted by atomic mass is 10.1. The van der Waals surface area contributed by atoms with E-state index >= 15 is 0 Å². The minimum Gasteiger partial charge on any atom is -0.396 e. The summed E-state index contributed by atoms with van der Waals surface area (Å²) in [5.41, 5.74) is 0.504. The molecule has 0 saturated carbocycles. The van der Waals surface area contributed by atoms with Crippen LogP contribution in [-0.4, -0.2) is 52.9 Å². The van der Waals surface area contributed by atoms with Crippen LogP contribution in [0, 0.1) is 0 Å². The van der Waals surface area contributed by atoms with Crippen LogP contribution in [-0.2, 0) is 11.8 Å². The average molecular weight is 335 g/mol.